The molecule has 6 atom stereocenters. The van der Waals surface area contributed by atoms with E-state index in [1.807, 2.05) is 26.0 Å². The Morgan fingerprint density at radius 2 is 1.91 bits per heavy atom. The van der Waals surface area contributed by atoms with E-state index in [0.717, 1.165) is 18.6 Å². The van der Waals surface area contributed by atoms with Crippen LogP contribution in [0.5, 0.6) is 5.75 Å². The number of nitrogens with one attached hydrogen (secondary N) is 1. The third-order valence-corrected chi connectivity index (χ3v) is 6.86. The molecule has 34 heavy (non-hydrogen) atoms. The smallest absolute Gasteiger partial charge is 0.126 e. The van der Waals surface area contributed by atoms with E-state index in [-0.39, 0.29) is 23.9 Å². The van der Waals surface area contributed by atoms with E-state index in [4.69, 9.17) is 4.74 Å². The SMILES string of the molecule is CC#CC[C@H](C)[C@H](O)C=C[C@@H]1[C@H]2c3cccc(CCCC)c3O[C@H]2C[C@H]1O.CCCNCCC. The molecular formula is C30H47NO3. The van der Waals surface area contributed by atoms with E-state index in [2.05, 4.69) is 56.1 Å². The summed E-state index contributed by atoms with van der Waals surface area (Å²) >= 11 is 0. The number of aryl methyl sites for hydroxylation is 1. The van der Waals surface area contributed by atoms with Crippen LogP contribution in [0.4, 0.5) is 0 Å². The Balaban J connectivity index is 0.000000509. The molecule has 0 spiro atoms. The fourth-order valence-corrected chi connectivity index (χ4v) is 4.83. The number of aliphatic hydroxyl groups is 2. The molecule has 190 valence electrons. The van der Waals surface area contributed by atoms with Crippen LogP contribution in [0.15, 0.2) is 30.4 Å². The first kappa shape index (κ1) is 28.4. The van der Waals surface area contributed by atoms with Crippen LogP contribution in [-0.2, 0) is 6.42 Å². The Morgan fingerprint density at radius 3 is 2.56 bits per heavy atom. The van der Waals surface area contributed by atoms with Crippen molar-refractivity contribution in [3.63, 3.8) is 0 Å². The highest BCUT2D eigenvalue weighted by Gasteiger charge is 2.48. The average Bonchev–Trinajstić information content (AvgIpc) is 3.35. The lowest BCUT2D eigenvalue weighted by molar-refractivity contribution is 0.134. The van der Waals surface area contributed by atoms with E-state index in [1.54, 1.807) is 0 Å². The van der Waals surface area contributed by atoms with Gasteiger partial charge in [-0.1, -0.05) is 64.5 Å². The van der Waals surface area contributed by atoms with Crippen LogP contribution in [-0.4, -0.2) is 41.6 Å². The first-order valence-electron chi connectivity index (χ1n) is 13.4. The van der Waals surface area contributed by atoms with Gasteiger partial charge in [-0.15, -0.1) is 11.8 Å². The highest BCUT2D eigenvalue weighted by atomic mass is 16.5. The van der Waals surface area contributed by atoms with Gasteiger partial charge in [0.15, 0.2) is 0 Å². The highest BCUT2D eigenvalue weighted by Crippen LogP contribution is 2.52. The Hall–Kier alpha value is -1.80. The Morgan fingerprint density at radius 1 is 1.18 bits per heavy atom. The molecule has 0 radical (unpaired) electrons. The molecule has 0 unspecified atom stereocenters. The first-order chi connectivity index (χ1) is 16.5. The molecule has 3 N–H and O–H groups in total. The van der Waals surface area contributed by atoms with Gasteiger partial charge in [0.1, 0.15) is 11.9 Å². The molecule has 1 fully saturated rings. The van der Waals surface area contributed by atoms with Crippen molar-refractivity contribution in [3.05, 3.63) is 41.5 Å². The summed E-state index contributed by atoms with van der Waals surface area (Å²) in [5.41, 5.74) is 2.51. The minimum atomic E-state index is -0.546. The summed E-state index contributed by atoms with van der Waals surface area (Å²) < 4.78 is 6.29. The number of para-hydroxylation sites is 1. The van der Waals surface area contributed by atoms with Gasteiger partial charge in [-0.3, -0.25) is 0 Å². The molecule has 1 aliphatic heterocycles. The van der Waals surface area contributed by atoms with E-state index in [0.29, 0.717) is 12.8 Å². The quantitative estimate of drug-likeness (QED) is 0.224. The lowest BCUT2D eigenvalue weighted by atomic mass is 9.86. The van der Waals surface area contributed by atoms with Crippen molar-refractivity contribution < 1.29 is 14.9 Å². The Bertz CT molecular complexity index is 805. The van der Waals surface area contributed by atoms with Gasteiger partial charge in [-0.05, 0) is 57.2 Å². The standard InChI is InChI=1S/C24H32O3.C6H15N/c1-4-6-9-16(3)20(25)14-13-18-21(26)15-22-23(18)19-12-8-11-17(10-7-5-2)24(19)27-22;1-3-5-7-6-4-2/h8,11-14,16,18,20-23,25-26H,5,7,9-10,15H2,1-3H3;7H,3-6H2,1-2H3/t16-,18-,20+,21+,22-,23-;/m0./s1. The number of benzene rings is 1. The molecule has 3 rings (SSSR count). The summed E-state index contributed by atoms with van der Waals surface area (Å²) in [6, 6.07) is 6.42. The zero-order valence-electron chi connectivity index (χ0n) is 22.0. The van der Waals surface area contributed by atoms with Gasteiger partial charge >= 0.3 is 0 Å². The second-order valence-corrected chi connectivity index (χ2v) is 9.74. The van der Waals surface area contributed by atoms with Crippen molar-refractivity contribution in [1.29, 1.82) is 0 Å². The normalized spacial score (nSPS) is 24.3. The molecule has 1 aromatic carbocycles. The molecule has 4 heteroatoms. The number of hydrogen-bond donors (Lipinski definition) is 3. The highest BCUT2D eigenvalue weighted by molar-refractivity contribution is 5.49. The fourth-order valence-electron chi connectivity index (χ4n) is 4.83. The van der Waals surface area contributed by atoms with Crippen LogP contribution >= 0.6 is 0 Å². The number of rotatable bonds is 11. The number of hydrogen-bond acceptors (Lipinski definition) is 4. The zero-order chi connectivity index (χ0) is 24.9. The van der Waals surface area contributed by atoms with E-state index in [9.17, 15) is 10.2 Å². The Kier molecular flexibility index (Phi) is 12.8. The summed E-state index contributed by atoms with van der Waals surface area (Å²) in [6.45, 7) is 12.7. The average molecular weight is 470 g/mol. The molecule has 4 nitrogen and oxygen atoms in total. The van der Waals surface area contributed by atoms with Crippen LogP contribution in [0, 0.1) is 23.7 Å². The number of aliphatic hydroxyl groups excluding tert-OH is 2. The zero-order valence-corrected chi connectivity index (χ0v) is 22.0. The van der Waals surface area contributed by atoms with Gasteiger partial charge in [-0.2, -0.15) is 0 Å². The molecule has 0 bridgehead atoms. The summed E-state index contributed by atoms with van der Waals surface area (Å²) in [6.07, 6.45) is 10.1. The minimum Gasteiger partial charge on any atom is -0.489 e. The van der Waals surface area contributed by atoms with E-state index < -0.39 is 12.2 Å². The van der Waals surface area contributed by atoms with Crippen molar-refractivity contribution in [2.45, 2.75) is 104 Å². The number of ether oxygens (including phenoxy) is 1. The molecule has 2 aliphatic rings. The first-order valence-corrected chi connectivity index (χ1v) is 13.4. The fraction of sp³-hybridized carbons (Fsp3) is 0.667. The topological polar surface area (TPSA) is 61.7 Å². The van der Waals surface area contributed by atoms with Crippen LogP contribution in [0.25, 0.3) is 0 Å². The molecule has 0 amide bonds. The van der Waals surface area contributed by atoms with Gasteiger partial charge in [0.05, 0.1) is 12.2 Å². The monoisotopic (exact) mass is 469 g/mol. The molecule has 0 saturated heterocycles. The maximum absolute atomic E-state index is 10.6. The van der Waals surface area contributed by atoms with Gasteiger partial charge in [0, 0.05) is 30.2 Å². The van der Waals surface area contributed by atoms with E-state index in [1.165, 1.54) is 43.5 Å². The van der Waals surface area contributed by atoms with E-state index >= 15 is 0 Å². The van der Waals surface area contributed by atoms with Gasteiger partial charge in [-0.25, -0.2) is 0 Å². The summed E-state index contributed by atoms with van der Waals surface area (Å²) in [4.78, 5) is 0. The minimum absolute atomic E-state index is 0.0169. The van der Waals surface area contributed by atoms with Crippen molar-refractivity contribution in [2.24, 2.45) is 11.8 Å². The largest absolute Gasteiger partial charge is 0.489 e. The molecule has 1 aromatic rings. The second kappa shape index (κ2) is 15.2. The van der Waals surface area contributed by atoms with Crippen molar-refractivity contribution >= 4 is 0 Å². The maximum atomic E-state index is 10.6. The third kappa shape index (κ3) is 7.87. The van der Waals surface area contributed by atoms with Crippen molar-refractivity contribution in [1.82, 2.24) is 5.32 Å². The maximum Gasteiger partial charge on any atom is 0.126 e. The third-order valence-electron chi connectivity index (χ3n) is 6.86. The summed E-state index contributed by atoms with van der Waals surface area (Å²) in [5, 5.41) is 24.3. The molecule has 1 aliphatic carbocycles. The number of fused-ring (bicyclic) bond motifs is 3. The Labute approximate surface area is 208 Å². The summed E-state index contributed by atoms with van der Waals surface area (Å²) in [5.74, 6) is 7.18. The van der Waals surface area contributed by atoms with Crippen molar-refractivity contribution in [2.75, 3.05) is 13.1 Å². The van der Waals surface area contributed by atoms with Gasteiger partial charge in [0.2, 0.25) is 0 Å². The lowest BCUT2D eigenvalue weighted by Gasteiger charge is -2.19. The van der Waals surface area contributed by atoms with Crippen LogP contribution in [0.1, 0.15) is 90.2 Å². The predicted octanol–water partition coefficient (Wildman–Crippen LogP) is 5.62. The molecule has 0 aromatic heterocycles. The lowest BCUT2D eigenvalue weighted by Crippen LogP contribution is -2.19. The number of unbranched alkanes of at least 4 members (excludes halogenated alkanes) is 1. The van der Waals surface area contributed by atoms with Crippen LogP contribution in [0.2, 0.25) is 0 Å². The summed E-state index contributed by atoms with van der Waals surface area (Å²) in [7, 11) is 0. The molecule has 1 saturated carbocycles. The molecular weight excluding hydrogens is 422 g/mol. The van der Waals surface area contributed by atoms with Crippen LogP contribution < -0.4 is 10.1 Å². The van der Waals surface area contributed by atoms with Crippen LogP contribution in [0.3, 0.4) is 0 Å². The van der Waals surface area contributed by atoms with Crippen molar-refractivity contribution in [3.8, 4) is 17.6 Å². The predicted molar refractivity (Wildman–Crippen MR) is 142 cm³/mol. The van der Waals surface area contributed by atoms with Gasteiger partial charge in [0.25, 0.3) is 0 Å². The molecule has 1 heterocycles. The second-order valence-electron chi connectivity index (χ2n) is 9.74. The van der Waals surface area contributed by atoms with Gasteiger partial charge < -0.3 is 20.3 Å².